The van der Waals surface area contributed by atoms with E-state index in [9.17, 15) is 9.59 Å². The van der Waals surface area contributed by atoms with Crippen LogP contribution in [0.25, 0.3) is 0 Å². The average molecular weight is 358 g/mol. The molecule has 138 valence electrons. The number of hydrogen-bond donors (Lipinski definition) is 0. The van der Waals surface area contributed by atoms with Crippen molar-refractivity contribution in [1.29, 1.82) is 0 Å². The Morgan fingerprint density at radius 3 is 1.35 bits per heavy atom. The molecule has 0 saturated carbocycles. The van der Waals surface area contributed by atoms with Crippen LogP contribution in [-0.2, 0) is 19.1 Å². The van der Waals surface area contributed by atoms with Crippen molar-refractivity contribution in [3.8, 4) is 11.5 Å². The van der Waals surface area contributed by atoms with E-state index in [4.69, 9.17) is 18.9 Å². The Balaban J connectivity index is 2.31. The Morgan fingerprint density at radius 1 is 0.692 bits per heavy atom. The Hall–Kier alpha value is -3.02. The number of ether oxygens (including phenoxy) is 4. The van der Waals surface area contributed by atoms with Crippen LogP contribution in [0, 0.1) is 0 Å². The van der Waals surface area contributed by atoms with Crippen LogP contribution in [-0.4, -0.2) is 37.4 Å². The monoisotopic (exact) mass is 358 g/mol. The topological polar surface area (TPSA) is 71.1 Å². The van der Waals surface area contributed by atoms with Crippen LogP contribution in [0.1, 0.15) is 13.8 Å². The summed E-state index contributed by atoms with van der Waals surface area (Å²) in [5, 5.41) is 0. The lowest BCUT2D eigenvalue weighted by Crippen LogP contribution is -2.49. The van der Waals surface area contributed by atoms with Gasteiger partial charge in [-0.15, -0.1) is 0 Å². The molecule has 0 radical (unpaired) electrons. The van der Waals surface area contributed by atoms with Crippen molar-refractivity contribution in [2.24, 2.45) is 0 Å². The first-order valence-electron chi connectivity index (χ1n) is 8.42. The minimum atomic E-state index is -1.31. The molecule has 0 aliphatic rings. The largest absolute Gasteiger partial charge is 0.474 e. The maximum Gasteiger partial charge on any atom is 0.351 e. The molecule has 6 nitrogen and oxygen atoms in total. The minimum Gasteiger partial charge on any atom is -0.474 e. The predicted molar refractivity (Wildman–Crippen MR) is 95.0 cm³/mol. The number of esters is 2. The minimum absolute atomic E-state index is 0.147. The van der Waals surface area contributed by atoms with Gasteiger partial charge in [0.2, 0.25) is 12.2 Å². The first-order chi connectivity index (χ1) is 12.7. The van der Waals surface area contributed by atoms with Gasteiger partial charge >= 0.3 is 11.9 Å². The highest BCUT2D eigenvalue weighted by atomic mass is 16.6. The maximum atomic E-state index is 12.5. The number of carbonyl (C=O) groups is 2. The predicted octanol–water partition coefficient (Wildman–Crippen LogP) is 3.01. The molecule has 0 saturated heterocycles. The molecule has 0 heterocycles. The highest BCUT2D eigenvalue weighted by Gasteiger charge is 2.40. The van der Waals surface area contributed by atoms with E-state index < -0.39 is 24.1 Å². The van der Waals surface area contributed by atoms with Crippen LogP contribution < -0.4 is 9.47 Å². The maximum absolute atomic E-state index is 12.5. The zero-order chi connectivity index (χ0) is 18.8. The van der Waals surface area contributed by atoms with Gasteiger partial charge in [-0.25, -0.2) is 9.59 Å². The standard InChI is InChI=1S/C20H22O6/c1-3-23-19(21)17(25-15-11-7-5-8-12-15)18(20(22)24-4-2)26-16-13-9-6-10-14-16/h5-14,17-18H,3-4H2,1-2H3. The summed E-state index contributed by atoms with van der Waals surface area (Å²) in [6, 6.07) is 17.4. The van der Waals surface area contributed by atoms with Gasteiger partial charge in [0.15, 0.2) is 0 Å². The third-order valence-corrected chi connectivity index (χ3v) is 3.33. The molecule has 2 rings (SSSR count). The van der Waals surface area contributed by atoms with Gasteiger partial charge in [0, 0.05) is 0 Å². The molecule has 0 N–H and O–H groups in total. The molecular formula is C20H22O6. The fraction of sp³-hybridized carbons (Fsp3) is 0.300. The first-order valence-corrected chi connectivity index (χ1v) is 8.42. The normalized spacial score (nSPS) is 12.5. The molecular weight excluding hydrogens is 336 g/mol. The summed E-state index contributed by atoms with van der Waals surface area (Å²) in [7, 11) is 0. The van der Waals surface area contributed by atoms with E-state index >= 15 is 0 Å². The molecule has 2 unspecified atom stereocenters. The zero-order valence-electron chi connectivity index (χ0n) is 14.8. The molecule has 0 amide bonds. The molecule has 2 aromatic rings. The molecule has 0 aliphatic heterocycles. The SMILES string of the molecule is CCOC(=O)C(Oc1ccccc1)C(Oc1ccccc1)C(=O)OCC. The van der Waals surface area contributed by atoms with Crippen molar-refractivity contribution in [2.75, 3.05) is 13.2 Å². The number of rotatable bonds is 9. The molecule has 0 bridgehead atoms. The Morgan fingerprint density at radius 2 is 1.04 bits per heavy atom. The summed E-state index contributed by atoms with van der Waals surface area (Å²) in [6.45, 7) is 3.65. The molecule has 26 heavy (non-hydrogen) atoms. The first kappa shape index (κ1) is 19.3. The molecule has 2 atom stereocenters. The van der Waals surface area contributed by atoms with E-state index in [2.05, 4.69) is 0 Å². The summed E-state index contributed by atoms with van der Waals surface area (Å²) >= 11 is 0. The Labute approximate surface area is 152 Å². The van der Waals surface area contributed by atoms with Crippen molar-refractivity contribution in [1.82, 2.24) is 0 Å². The fourth-order valence-corrected chi connectivity index (χ4v) is 2.21. The van der Waals surface area contributed by atoms with Crippen molar-refractivity contribution in [3.05, 3.63) is 60.7 Å². The van der Waals surface area contributed by atoms with Crippen LogP contribution >= 0.6 is 0 Å². The van der Waals surface area contributed by atoms with Gasteiger partial charge in [-0.2, -0.15) is 0 Å². The van der Waals surface area contributed by atoms with Crippen molar-refractivity contribution in [2.45, 2.75) is 26.1 Å². The van der Waals surface area contributed by atoms with E-state index in [-0.39, 0.29) is 13.2 Å². The summed E-state index contributed by atoms with van der Waals surface area (Å²) < 4.78 is 21.6. The highest BCUT2D eigenvalue weighted by Crippen LogP contribution is 2.19. The lowest BCUT2D eigenvalue weighted by Gasteiger charge is -2.25. The number of benzene rings is 2. The van der Waals surface area contributed by atoms with Crippen LogP contribution in [0.15, 0.2) is 60.7 Å². The summed E-state index contributed by atoms with van der Waals surface area (Å²) in [5.74, 6) is -0.580. The average Bonchev–Trinajstić information content (AvgIpc) is 2.66. The van der Waals surface area contributed by atoms with Crippen molar-refractivity contribution >= 4 is 11.9 Å². The second-order valence-electron chi connectivity index (χ2n) is 5.21. The van der Waals surface area contributed by atoms with E-state index in [1.54, 1.807) is 62.4 Å². The Kier molecular flexibility index (Phi) is 7.49. The molecule has 0 aromatic heterocycles. The van der Waals surface area contributed by atoms with Gasteiger partial charge in [-0.1, -0.05) is 36.4 Å². The number of carbonyl (C=O) groups excluding carboxylic acids is 2. The van der Waals surface area contributed by atoms with Gasteiger partial charge in [-0.3, -0.25) is 0 Å². The second kappa shape index (κ2) is 10.1. The van der Waals surface area contributed by atoms with Crippen LogP contribution in [0.5, 0.6) is 11.5 Å². The quantitative estimate of drug-likeness (QED) is 0.642. The third-order valence-electron chi connectivity index (χ3n) is 3.33. The van der Waals surface area contributed by atoms with Gasteiger partial charge in [0.1, 0.15) is 11.5 Å². The van der Waals surface area contributed by atoms with Gasteiger partial charge in [-0.05, 0) is 38.1 Å². The van der Waals surface area contributed by atoms with Gasteiger partial charge in [0.25, 0.3) is 0 Å². The number of hydrogen-bond acceptors (Lipinski definition) is 6. The lowest BCUT2D eigenvalue weighted by atomic mass is 10.2. The zero-order valence-corrected chi connectivity index (χ0v) is 14.8. The molecule has 0 fully saturated rings. The number of para-hydroxylation sites is 2. The van der Waals surface area contributed by atoms with Crippen LogP contribution in [0.3, 0.4) is 0 Å². The molecule has 0 aliphatic carbocycles. The van der Waals surface area contributed by atoms with Crippen molar-refractivity contribution < 1.29 is 28.5 Å². The smallest absolute Gasteiger partial charge is 0.351 e. The van der Waals surface area contributed by atoms with E-state index in [1.165, 1.54) is 0 Å². The van der Waals surface area contributed by atoms with Gasteiger partial charge < -0.3 is 18.9 Å². The Bertz CT molecular complexity index is 624. The van der Waals surface area contributed by atoms with Crippen LogP contribution in [0.2, 0.25) is 0 Å². The van der Waals surface area contributed by atoms with E-state index in [0.717, 1.165) is 0 Å². The molecule has 2 aromatic carbocycles. The fourth-order valence-electron chi connectivity index (χ4n) is 2.21. The van der Waals surface area contributed by atoms with Gasteiger partial charge in [0.05, 0.1) is 13.2 Å². The van der Waals surface area contributed by atoms with E-state index in [1.807, 2.05) is 12.1 Å². The second-order valence-corrected chi connectivity index (χ2v) is 5.21. The summed E-state index contributed by atoms with van der Waals surface area (Å²) in [4.78, 5) is 24.9. The summed E-state index contributed by atoms with van der Waals surface area (Å²) in [5.41, 5.74) is 0. The summed E-state index contributed by atoms with van der Waals surface area (Å²) in [6.07, 6.45) is -2.62. The highest BCUT2D eigenvalue weighted by molar-refractivity contribution is 5.86. The van der Waals surface area contributed by atoms with Crippen LogP contribution in [0.4, 0.5) is 0 Å². The third kappa shape index (κ3) is 5.51. The lowest BCUT2D eigenvalue weighted by molar-refractivity contribution is -0.168. The molecule has 0 spiro atoms. The van der Waals surface area contributed by atoms with Crippen molar-refractivity contribution in [3.63, 3.8) is 0 Å². The molecule has 6 heteroatoms. The van der Waals surface area contributed by atoms with E-state index in [0.29, 0.717) is 11.5 Å².